The number of ether oxygens (including phenoxy) is 2. The van der Waals surface area contributed by atoms with E-state index in [1.54, 1.807) is 6.92 Å². The zero-order chi connectivity index (χ0) is 24.2. The van der Waals surface area contributed by atoms with Gasteiger partial charge >= 0.3 is 18.4 Å². The first-order chi connectivity index (χ1) is 15.6. The summed E-state index contributed by atoms with van der Waals surface area (Å²) in [5.74, 6) is -0.939. The van der Waals surface area contributed by atoms with Crippen LogP contribution < -0.4 is 20.7 Å². The fraction of sp³-hybridized carbons (Fsp3) is 0.304. The maximum Gasteiger partial charge on any atom is 0.573 e. The highest BCUT2D eigenvalue weighted by Crippen LogP contribution is 2.31. The molecule has 1 atom stereocenters. The monoisotopic (exact) mass is 463 g/mol. The van der Waals surface area contributed by atoms with Crippen molar-refractivity contribution in [3.8, 4) is 5.75 Å². The molecule has 1 aliphatic heterocycles. The predicted molar refractivity (Wildman–Crippen MR) is 116 cm³/mol. The second-order valence-corrected chi connectivity index (χ2v) is 7.43. The molecule has 0 aromatic heterocycles. The van der Waals surface area contributed by atoms with Crippen LogP contribution in [0.25, 0.3) is 0 Å². The number of hydrogen-bond donors (Lipinski definition) is 3. The van der Waals surface area contributed by atoms with Gasteiger partial charge in [-0.2, -0.15) is 0 Å². The van der Waals surface area contributed by atoms with E-state index < -0.39 is 24.4 Å². The lowest BCUT2D eigenvalue weighted by molar-refractivity contribution is -0.274. The number of alkyl halides is 3. The van der Waals surface area contributed by atoms with E-state index in [1.807, 2.05) is 32.0 Å². The normalized spacial score (nSPS) is 16.1. The molecule has 0 spiro atoms. The summed E-state index contributed by atoms with van der Waals surface area (Å²) in [5.41, 5.74) is 3.64. The van der Waals surface area contributed by atoms with E-state index in [4.69, 9.17) is 4.74 Å². The van der Waals surface area contributed by atoms with Gasteiger partial charge in [-0.25, -0.2) is 9.59 Å². The zero-order valence-electron chi connectivity index (χ0n) is 18.3. The van der Waals surface area contributed by atoms with Crippen LogP contribution >= 0.6 is 0 Å². The Labute approximate surface area is 189 Å². The Bertz CT molecular complexity index is 1070. The zero-order valence-corrected chi connectivity index (χ0v) is 18.3. The molecule has 10 heteroatoms. The molecule has 0 saturated heterocycles. The van der Waals surface area contributed by atoms with Crippen molar-refractivity contribution in [2.75, 3.05) is 18.5 Å². The first-order valence-electron chi connectivity index (χ1n) is 10.2. The molecule has 1 aliphatic rings. The number of carbonyl (C=O) groups excluding carboxylic acids is 2. The largest absolute Gasteiger partial charge is 0.573 e. The minimum absolute atomic E-state index is 0.0302. The Balaban J connectivity index is 1.91. The Hall–Kier alpha value is -3.69. The molecule has 1 heterocycles. The molecule has 33 heavy (non-hydrogen) atoms. The SMILES string of the molecule is CCOC(=O)C1=C(CNc2ccc(OC(F)(F)F)cc2)NC(=O)NC1c1cc(C)ccc1C. The highest BCUT2D eigenvalue weighted by molar-refractivity contribution is 5.95. The quantitative estimate of drug-likeness (QED) is 0.527. The molecular weight excluding hydrogens is 439 g/mol. The third-order valence-corrected chi connectivity index (χ3v) is 4.95. The Kier molecular flexibility index (Phi) is 7.15. The molecule has 176 valence electrons. The van der Waals surface area contributed by atoms with Crippen LogP contribution in [0.5, 0.6) is 5.75 Å². The maximum atomic E-state index is 12.9. The van der Waals surface area contributed by atoms with Gasteiger partial charge < -0.3 is 25.4 Å². The van der Waals surface area contributed by atoms with Crippen LogP contribution in [0.15, 0.2) is 53.7 Å². The van der Waals surface area contributed by atoms with Crippen molar-refractivity contribution < 1.29 is 32.2 Å². The topological polar surface area (TPSA) is 88.7 Å². The van der Waals surface area contributed by atoms with Crippen LogP contribution in [0, 0.1) is 13.8 Å². The average molecular weight is 463 g/mol. The third kappa shape index (κ3) is 6.18. The molecule has 3 N–H and O–H groups in total. The van der Waals surface area contributed by atoms with Gasteiger partial charge in [-0.15, -0.1) is 13.2 Å². The minimum Gasteiger partial charge on any atom is -0.463 e. The maximum absolute atomic E-state index is 12.9. The van der Waals surface area contributed by atoms with E-state index in [0.29, 0.717) is 11.4 Å². The summed E-state index contributed by atoms with van der Waals surface area (Å²) in [5, 5.41) is 8.44. The summed E-state index contributed by atoms with van der Waals surface area (Å²) in [6, 6.07) is 9.65. The van der Waals surface area contributed by atoms with Gasteiger partial charge in [0.25, 0.3) is 0 Å². The van der Waals surface area contributed by atoms with Gasteiger partial charge in [0, 0.05) is 5.69 Å². The van der Waals surface area contributed by atoms with Crippen molar-refractivity contribution in [3.05, 3.63) is 70.4 Å². The van der Waals surface area contributed by atoms with Crippen molar-refractivity contribution in [2.45, 2.75) is 33.2 Å². The number of anilines is 1. The lowest BCUT2D eigenvalue weighted by Crippen LogP contribution is -2.47. The number of aryl methyl sites for hydroxylation is 2. The molecule has 7 nitrogen and oxygen atoms in total. The van der Waals surface area contributed by atoms with E-state index in [1.165, 1.54) is 12.1 Å². The van der Waals surface area contributed by atoms with Crippen molar-refractivity contribution in [1.82, 2.24) is 10.6 Å². The molecule has 0 radical (unpaired) electrons. The molecule has 3 rings (SSSR count). The summed E-state index contributed by atoms with van der Waals surface area (Å²) < 4.78 is 46.1. The molecule has 0 fully saturated rings. The van der Waals surface area contributed by atoms with E-state index in [2.05, 4.69) is 20.7 Å². The Morgan fingerprint density at radius 3 is 2.45 bits per heavy atom. The van der Waals surface area contributed by atoms with E-state index in [0.717, 1.165) is 28.8 Å². The fourth-order valence-corrected chi connectivity index (χ4v) is 3.48. The van der Waals surface area contributed by atoms with Crippen molar-refractivity contribution in [2.24, 2.45) is 0 Å². The van der Waals surface area contributed by atoms with Crippen LogP contribution in [-0.4, -0.2) is 31.5 Å². The van der Waals surface area contributed by atoms with Crippen LogP contribution in [0.4, 0.5) is 23.7 Å². The lowest BCUT2D eigenvalue weighted by Gasteiger charge is -2.30. The first kappa shape index (κ1) is 24.0. The highest BCUT2D eigenvalue weighted by Gasteiger charge is 2.34. The van der Waals surface area contributed by atoms with Crippen LogP contribution in [0.1, 0.15) is 29.7 Å². The van der Waals surface area contributed by atoms with Gasteiger partial charge in [0.15, 0.2) is 0 Å². The molecule has 0 saturated carbocycles. The predicted octanol–water partition coefficient (Wildman–Crippen LogP) is 4.49. The first-order valence-corrected chi connectivity index (χ1v) is 10.2. The molecule has 2 amide bonds. The second-order valence-electron chi connectivity index (χ2n) is 7.43. The number of carbonyl (C=O) groups is 2. The van der Waals surface area contributed by atoms with Crippen LogP contribution in [0.3, 0.4) is 0 Å². The van der Waals surface area contributed by atoms with Gasteiger partial charge in [0.1, 0.15) is 5.75 Å². The van der Waals surface area contributed by atoms with Gasteiger partial charge in [-0.3, -0.25) is 0 Å². The lowest BCUT2D eigenvalue weighted by atomic mass is 9.91. The summed E-state index contributed by atoms with van der Waals surface area (Å²) in [4.78, 5) is 25.3. The van der Waals surface area contributed by atoms with Crippen LogP contribution in [0.2, 0.25) is 0 Å². The van der Waals surface area contributed by atoms with Crippen LogP contribution in [-0.2, 0) is 9.53 Å². The van der Waals surface area contributed by atoms with Gasteiger partial charge in [0.05, 0.1) is 30.5 Å². The number of urea groups is 1. The Morgan fingerprint density at radius 1 is 1.12 bits per heavy atom. The highest BCUT2D eigenvalue weighted by atomic mass is 19.4. The number of esters is 1. The number of amides is 2. The van der Waals surface area contributed by atoms with E-state index in [-0.39, 0.29) is 24.5 Å². The molecular formula is C23H24F3N3O4. The van der Waals surface area contributed by atoms with Gasteiger partial charge in [-0.1, -0.05) is 23.8 Å². The fourth-order valence-electron chi connectivity index (χ4n) is 3.48. The number of rotatable bonds is 7. The summed E-state index contributed by atoms with van der Waals surface area (Å²) in [6.07, 6.45) is -4.78. The van der Waals surface area contributed by atoms with Gasteiger partial charge in [0.2, 0.25) is 0 Å². The third-order valence-electron chi connectivity index (χ3n) is 4.95. The molecule has 2 aromatic rings. The molecule has 0 aliphatic carbocycles. The second kappa shape index (κ2) is 9.85. The number of nitrogens with one attached hydrogen (secondary N) is 3. The summed E-state index contributed by atoms with van der Waals surface area (Å²) >= 11 is 0. The Morgan fingerprint density at radius 2 is 1.82 bits per heavy atom. The van der Waals surface area contributed by atoms with Crippen molar-refractivity contribution >= 4 is 17.7 Å². The molecule has 2 aromatic carbocycles. The number of halogens is 3. The molecule has 1 unspecified atom stereocenters. The average Bonchev–Trinajstić information content (AvgIpc) is 2.73. The van der Waals surface area contributed by atoms with E-state index >= 15 is 0 Å². The van der Waals surface area contributed by atoms with Gasteiger partial charge in [-0.05, 0) is 56.2 Å². The molecule has 0 bridgehead atoms. The van der Waals surface area contributed by atoms with Crippen molar-refractivity contribution in [3.63, 3.8) is 0 Å². The smallest absolute Gasteiger partial charge is 0.463 e. The van der Waals surface area contributed by atoms with E-state index in [9.17, 15) is 22.8 Å². The standard InChI is InChI=1S/C23H24F3N3O4/c1-4-32-21(30)19-18(12-27-15-7-9-16(10-8-15)33-23(24,25)26)28-22(31)29-20(19)17-11-13(2)5-6-14(17)3/h5-11,20,27H,4,12H2,1-3H3,(H2,28,29,31). The number of hydrogen-bond acceptors (Lipinski definition) is 5. The summed E-state index contributed by atoms with van der Waals surface area (Å²) in [6.45, 7) is 5.66. The van der Waals surface area contributed by atoms with Crippen molar-refractivity contribution in [1.29, 1.82) is 0 Å². The minimum atomic E-state index is -4.78. The summed E-state index contributed by atoms with van der Waals surface area (Å²) in [7, 11) is 0. The number of benzene rings is 2.